The molecule has 0 spiro atoms. The Bertz CT molecular complexity index is 1000. The minimum Gasteiger partial charge on any atom is -0.492 e. The Morgan fingerprint density at radius 3 is 2.12 bits per heavy atom. The summed E-state index contributed by atoms with van der Waals surface area (Å²) in [5.41, 5.74) is 7.21. The van der Waals surface area contributed by atoms with E-state index in [0.29, 0.717) is 30.3 Å². The highest BCUT2D eigenvalue weighted by Gasteiger charge is 2.10. The predicted molar refractivity (Wildman–Crippen MR) is 120 cm³/mol. The van der Waals surface area contributed by atoms with E-state index in [0.717, 1.165) is 5.56 Å². The summed E-state index contributed by atoms with van der Waals surface area (Å²) in [5.74, 6) is -0.0778. The van der Waals surface area contributed by atoms with Crippen LogP contribution in [0.4, 0.5) is 25.0 Å². The van der Waals surface area contributed by atoms with E-state index in [1.54, 1.807) is 6.92 Å². The van der Waals surface area contributed by atoms with E-state index in [4.69, 9.17) is 19.9 Å². The Morgan fingerprint density at radius 1 is 0.875 bits per heavy atom. The van der Waals surface area contributed by atoms with Crippen LogP contribution in [0.15, 0.2) is 66.7 Å². The fourth-order valence-corrected chi connectivity index (χ4v) is 2.53. The molecule has 0 radical (unpaired) electrons. The molecule has 0 saturated carbocycles. The second-order valence-electron chi connectivity index (χ2n) is 6.38. The van der Waals surface area contributed by atoms with Gasteiger partial charge in [-0.05, 0) is 43.7 Å². The van der Waals surface area contributed by atoms with Crippen LogP contribution in [0.1, 0.15) is 19.4 Å². The maximum Gasteiger partial charge on any atom is 0.412 e. The van der Waals surface area contributed by atoms with Gasteiger partial charge in [0.15, 0.2) is 0 Å². The fraction of sp³-hybridized carbons (Fsp3) is 0.208. The van der Waals surface area contributed by atoms with Crippen molar-refractivity contribution in [3.05, 3.63) is 83.9 Å². The van der Waals surface area contributed by atoms with Gasteiger partial charge in [0.2, 0.25) is 0 Å². The zero-order valence-corrected chi connectivity index (χ0v) is 17.9. The number of benzene rings is 3. The summed E-state index contributed by atoms with van der Waals surface area (Å²) in [7, 11) is 0. The summed E-state index contributed by atoms with van der Waals surface area (Å²) in [6.45, 7) is 4.63. The first-order valence-electron chi connectivity index (χ1n) is 10.0. The standard InChI is InChI=1S/C16H16FNO3.C8H10FNO/c1-2-20-15-10-13(17)8-9-14(15)18-16(19)21-11-12-6-4-3-5-7-12;1-2-11-8-5-6(9)3-4-7(8)10/h3-10H,2,11H2,1H3,(H,18,19);3-5H,2,10H2,1H3. The zero-order valence-electron chi connectivity index (χ0n) is 17.9. The number of ether oxygens (including phenoxy) is 3. The predicted octanol–water partition coefficient (Wildman–Crippen LogP) is 5.78. The molecule has 1 amide bonds. The molecule has 0 aliphatic carbocycles. The second-order valence-corrected chi connectivity index (χ2v) is 6.38. The minimum atomic E-state index is -0.619. The maximum absolute atomic E-state index is 13.2. The highest BCUT2D eigenvalue weighted by atomic mass is 19.1. The molecule has 32 heavy (non-hydrogen) atoms. The third kappa shape index (κ3) is 8.14. The monoisotopic (exact) mass is 444 g/mol. The first-order chi connectivity index (χ1) is 15.4. The molecule has 0 fully saturated rings. The van der Waals surface area contributed by atoms with Crippen molar-refractivity contribution < 1.29 is 27.8 Å². The number of halogens is 2. The average Bonchev–Trinajstić information content (AvgIpc) is 2.78. The first-order valence-corrected chi connectivity index (χ1v) is 10.0. The third-order valence-electron chi connectivity index (χ3n) is 3.97. The number of anilines is 2. The SMILES string of the molecule is CCOc1cc(F)ccc1N.CCOc1cc(F)ccc1NC(=O)OCc1ccccc1. The lowest BCUT2D eigenvalue weighted by Gasteiger charge is -2.11. The van der Waals surface area contributed by atoms with Crippen molar-refractivity contribution in [1.82, 2.24) is 0 Å². The first kappa shape index (κ1) is 24.5. The number of nitrogens with two attached hydrogens (primary N) is 1. The van der Waals surface area contributed by atoms with Crippen LogP contribution in [0.2, 0.25) is 0 Å². The quantitative estimate of drug-likeness (QED) is 0.452. The second kappa shape index (κ2) is 12.8. The maximum atomic E-state index is 13.2. The fourth-order valence-electron chi connectivity index (χ4n) is 2.53. The van der Waals surface area contributed by atoms with E-state index in [1.165, 1.54) is 36.4 Å². The molecule has 170 valence electrons. The van der Waals surface area contributed by atoms with Crippen LogP contribution in [-0.4, -0.2) is 19.3 Å². The summed E-state index contributed by atoms with van der Waals surface area (Å²) in [4.78, 5) is 11.7. The number of hydrogen-bond donors (Lipinski definition) is 2. The minimum absolute atomic E-state index is 0.165. The molecular formula is C24H26F2N2O4. The van der Waals surface area contributed by atoms with Crippen molar-refractivity contribution in [3.8, 4) is 11.5 Å². The Balaban J connectivity index is 0.000000278. The van der Waals surface area contributed by atoms with Gasteiger partial charge in [0, 0.05) is 12.1 Å². The Labute approximate surface area is 185 Å². The van der Waals surface area contributed by atoms with Gasteiger partial charge in [0.05, 0.1) is 24.6 Å². The summed E-state index contributed by atoms with van der Waals surface area (Å²) < 4.78 is 41.1. The van der Waals surface area contributed by atoms with E-state index < -0.39 is 11.9 Å². The number of rotatable bonds is 7. The topological polar surface area (TPSA) is 82.8 Å². The summed E-state index contributed by atoms with van der Waals surface area (Å²) in [5, 5.41) is 2.54. The van der Waals surface area contributed by atoms with Crippen molar-refractivity contribution in [2.75, 3.05) is 24.3 Å². The van der Waals surface area contributed by atoms with Crippen LogP contribution in [0.5, 0.6) is 11.5 Å². The van der Waals surface area contributed by atoms with E-state index in [2.05, 4.69) is 5.32 Å². The van der Waals surface area contributed by atoms with Gasteiger partial charge in [0.1, 0.15) is 29.7 Å². The number of nitrogen functional groups attached to an aromatic ring is 1. The molecule has 0 saturated heterocycles. The van der Waals surface area contributed by atoms with Crippen molar-refractivity contribution in [2.24, 2.45) is 0 Å². The molecular weight excluding hydrogens is 418 g/mol. The molecule has 0 heterocycles. The summed E-state index contributed by atoms with van der Waals surface area (Å²) >= 11 is 0. The molecule has 3 aromatic carbocycles. The largest absolute Gasteiger partial charge is 0.492 e. The van der Waals surface area contributed by atoms with Crippen LogP contribution < -0.4 is 20.5 Å². The third-order valence-corrected chi connectivity index (χ3v) is 3.97. The molecule has 0 atom stereocenters. The van der Waals surface area contributed by atoms with Crippen molar-refractivity contribution in [3.63, 3.8) is 0 Å². The average molecular weight is 444 g/mol. The number of amides is 1. The van der Waals surface area contributed by atoms with Crippen LogP contribution in [-0.2, 0) is 11.3 Å². The van der Waals surface area contributed by atoms with Gasteiger partial charge < -0.3 is 19.9 Å². The molecule has 6 nitrogen and oxygen atoms in total. The Hall–Kier alpha value is -3.81. The molecule has 0 aliphatic rings. The molecule has 3 rings (SSSR count). The lowest BCUT2D eigenvalue weighted by Crippen LogP contribution is -2.14. The molecule has 0 unspecified atom stereocenters. The molecule has 0 bridgehead atoms. The number of carbonyl (C=O) groups is 1. The van der Waals surface area contributed by atoms with Gasteiger partial charge in [-0.1, -0.05) is 30.3 Å². The lowest BCUT2D eigenvalue weighted by molar-refractivity contribution is 0.155. The molecule has 3 aromatic rings. The number of carbonyl (C=O) groups excluding carboxylic acids is 1. The van der Waals surface area contributed by atoms with Crippen LogP contribution in [0.3, 0.4) is 0 Å². The number of hydrogen-bond acceptors (Lipinski definition) is 5. The molecule has 3 N–H and O–H groups in total. The smallest absolute Gasteiger partial charge is 0.412 e. The van der Waals surface area contributed by atoms with E-state index in [9.17, 15) is 13.6 Å². The van der Waals surface area contributed by atoms with E-state index in [1.807, 2.05) is 37.3 Å². The summed E-state index contributed by atoms with van der Waals surface area (Å²) in [6, 6.07) is 17.3. The van der Waals surface area contributed by atoms with E-state index >= 15 is 0 Å². The van der Waals surface area contributed by atoms with Crippen LogP contribution in [0, 0.1) is 11.6 Å². The van der Waals surface area contributed by atoms with E-state index in [-0.39, 0.29) is 18.2 Å². The highest BCUT2D eigenvalue weighted by Crippen LogP contribution is 2.25. The van der Waals surface area contributed by atoms with Gasteiger partial charge >= 0.3 is 6.09 Å². The molecule has 0 aliphatic heterocycles. The molecule has 0 aromatic heterocycles. The van der Waals surface area contributed by atoms with Crippen LogP contribution >= 0.6 is 0 Å². The van der Waals surface area contributed by atoms with Gasteiger partial charge in [-0.3, -0.25) is 5.32 Å². The summed E-state index contributed by atoms with van der Waals surface area (Å²) in [6.07, 6.45) is -0.619. The van der Waals surface area contributed by atoms with Gasteiger partial charge in [0.25, 0.3) is 0 Å². The highest BCUT2D eigenvalue weighted by molar-refractivity contribution is 5.86. The van der Waals surface area contributed by atoms with Gasteiger partial charge in [-0.25, -0.2) is 13.6 Å². The van der Waals surface area contributed by atoms with Crippen LogP contribution in [0.25, 0.3) is 0 Å². The Morgan fingerprint density at radius 2 is 1.47 bits per heavy atom. The number of nitrogens with one attached hydrogen (secondary N) is 1. The lowest BCUT2D eigenvalue weighted by atomic mass is 10.2. The zero-order chi connectivity index (χ0) is 23.3. The van der Waals surface area contributed by atoms with Gasteiger partial charge in [-0.2, -0.15) is 0 Å². The normalized spacial score (nSPS) is 9.88. The van der Waals surface area contributed by atoms with Crippen molar-refractivity contribution in [2.45, 2.75) is 20.5 Å². The Kier molecular flexibility index (Phi) is 9.77. The van der Waals surface area contributed by atoms with Gasteiger partial charge in [-0.15, -0.1) is 0 Å². The van der Waals surface area contributed by atoms with Crippen molar-refractivity contribution in [1.29, 1.82) is 0 Å². The molecule has 8 heteroatoms. The van der Waals surface area contributed by atoms with Crippen molar-refractivity contribution >= 4 is 17.5 Å².